The summed E-state index contributed by atoms with van der Waals surface area (Å²) in [6, 6.07) is 0. The third-order valence-corrected chi connectivity index (χ3v) is 1.78. The molecule has 0 N–H and O–H groups in total. The van der Waals surface area contributed by atoms with Crippen molar-refractivity contribution >= 4 is 14.5 Å². The smallest absolute Gasteiger partial charge is 0.300 e. The van der Waals surface area contributed by atoms with Crippen LogP contribution in [0.5, 0.6) is 0 Å². The largest absolute Gasteiger partial charge is 0.512 e. The number of nitrogens with zero attached hydrogens (tertiary/aromatic N) is 1. The second-order valence-corrected chi connectivity index (χ2v) is 2.49. The summed E-state index contributed by atoms with van der Waals surface area (Å²) in [6.07, 6.45) is 1.04. The monoisotopic (exact) mass is 162 g/mol. The fourth-order valence-electron chi connectivity index (χ4n) is 0.880. The van der Waals surface area contributed by atoms with Crippen molar-refractivity contribution in [1.82, 2.24) is 5.06 Å². The maximum atomic E-state index is 10.7. The Hall–Kier alpha value is -0.310. The van der Waals surface area contributed by atoms with Gasteiger partial charge in [0.05, 0.1) is 0 Å². The average Bonchev–Trinajstić information content (AvgIpc) is 1.95. The van der Waals surface area contributed by atoms with Gasteiger partial charge in [-0.3, -0.25) is 4.79 Å². The highest BCUT2D eigenvalue weighted by atomic mass is 31.1. The van der Waals surface area contributed by atoms with Crippen LogP contribution in [0, 0.1) is 0 Å². The third kappa shape index (κ3) is 2.14. The Kier molecular flexibility index (Phi) is 2.93. The number of piperidine rings is 1. The number of Topliss-reactive ketones (excluding diaryl/α,β-unsaturated/α-hetero) is 1. The van der Waals surface area contributed by atoms with Crippen LogP contribution in [0.1, 0.15) is 12.8 Å². The Morgan fingerprint density at radius 3 is 2.50 bits per heavy atom. The molecule has 1 fully saturated rings. The van der Waals surface area contributed by atoms with Gasteiger partial charge >= 0.3 is 8.69 Å². The quantitative estimate of drug-likeness (QED) is 0.555. The SMILES string of the molecule is O=[PH+]ON1CCC(=O)CC1. The molecule has 1 saturated heterocycles. The minimum atomic E-state index is -0.755. The van der Waals surface area contributed by atoms with E-state index in [1.807, 2.05) is 0 Å². The van der Waals surface area contributed by atoms with Crippen LogP contribution in [0.2, 0.25) is 0 Å². The molecule has 1 rings (SSSR count). The van der Waals surface area contributed by atoms with Gasteiger partial charge in [0.25, 0.3) is 0 Å². The molecule has 5 heteroatoms. The van der Waals surface area contributed by atoms with E-state index in [4.69, 9.17) is 0 Å². The number of ketones is 1. The number of carbonyl (C=O) groups is 1. The number of rotatable bonds is 2. The van der Waals surface area contributed by atoms with Gasteiger partial charge in [-0.25, -0.2) is 0 Å². The van der Waals surface area contributed by atoms with E-state index in [9.17, 15) is 9.36 Å². The Morgan fingerprint density at radius 1 is 1.40 bits per heavy atom. The summed E-state index contributed by atoms with van der Waals surface area (Å²) in [5.74, 6) is 0.258. The van der Waals surface area contributed by atoms with Crippen LogP contribution in [0.3, 0.4) is 0 Å². The number of hydrogen-bond donors (Lipinski definition) is 0. The van der Waals surface area contributed by atoms with E-state index in [1.54, 1.807) is 5.06 Å². The lowest BCUT2D eigenvalue weighted by molar-refractivity contribution is -0.130. The van der Waals surface area contributed by atoms with Crippen molar-refractivity contribution in [2.75, 3.05) is 13.1 Å². The molecule has 4 nitrogen and oxygen atoms in total. The molecule has 0 aromatic rings. The summed E-state index contributed by atoms with van der Waals surface area (Å²) in [5, 5.41) is 1.56. The van der Waals surface area contributed by atoms with Gasteiger partial charge in [0, 0.05) is 25.9 Å². The Labute approximate surface area is 60.4 Å². The average molecular weight is 162 g/mol. The minimum Gasteiger partial charge on any atom is -0.300 e. The van der Waals surface area contributed by atoms with Crippen LogP contribution in [0.15, 0.2) is 0 Å². The van der Waals surface area contributed by atoms with Crippen LogP contribution in [-0.2, 0) is 14.0 Å². The zero-order valence-corrected chi connectivity index (χ0v) is 6.50. The molecule has 0 saturated carbocycles. The van der Waals surface area contributed by atoms with Crippen LogP contribution >= 0.6 is 8.69 Å². The van der Waals surface area contributed by atoms with E-state index in [2.05, 4.69) is 4.62 Å². The van der Waals surface area contributed by atoms with Crippen LogP contribution in [0.25, 0.3) is 0 Å². The topological polar surface area (TPSA) is 46.6 Å². The molecule has 0 bridgehead atoms. The summed E-state index contributed by atoms with van der Waals surface area (Å²) < 4.78 is 14.6. The van der Waals surface area contributed by atoms with Gasteiger partial charge in [0.2, 0.25) is 0 Å². The number of hydroxylamine groups is 2. The van der Waals surface area contributed by atoms with Gasteiger partial charge in [-0.2, -0.15) is 0 Å². The summed E-state index contributed by atoms with van der Waals surface area (Å²) >= 11 is 0. The van der Waals surface area contributed by atoms with E-state index in [-0.39, 0.29) is 5.78 Å². The fraction of sp³-hybridized carbons (Fsp3) is 0.800. The molecule has 0 amide bonds. The molecule has 1 heterocycles. The van der Waals surface area contributed by atoms with Crippen molar-refractivity contribution in [3.8, 4) is 0 Å². The molecule has 0 aliphatic carbocycles. The molecule has 0 radical (unpaired) electrons. The van der Waals surface area contributed by atoms with Gasteiger partial charge in [-0.15, -0.1) is 5.06 Å². The minimum absolute atomic E-state index is 0.258. The second kappa shape index (κ2) is 3.76. The molecule has 0 spiro atoms. The number of carbonyl (C=O) groups excluding carboxylic acids is 1. The zero-order valence-electron chi connectivity index (χ0n) is 5.50. The molecule has 1 atom stereocenters. The standard InChI is InChI=1S/C5H9NO3P/c7-5-1-3-6(4-2-5)9-10-8/h10H,1-4H2/q+1. The molecule has 1 aliphatic heterocycles. The Morgan fingerprint density at radius 2 is 2.00 bits per heavy atom. The first kappa shape index (κ1) is 7.79. The maximum absolute atomic E-state index is 10.7. The molecule has 0 aromatic carbocycles. The Bertz CT molecular complexity index is 140. The van der Waals surface area contributed by atoms with Gasteiger partial charge in [-0.05, 0) is 9.19 Å². The van der Waals surface area contributed by atoms with Crippen LogP contribution < -0.4 is 0 Å². The first-order valence-electron chi connectivity index (χ1n) is 3.13. The molecule has 1 unspecified atom stereocenters. The van der Waals surface area contributed by atoms with Crippen molar-refractivity contribution in [2.24, 2.45) is 0 Å². The summed E-state index contributed by atoms with van der Waals surface area (Å²) in [6.45, 7) is 1.15. The van der Waals surface area contributed by atoms with Crippen molar-refractivity contribution < 1.29 is 14.0 Å². The normalized spacial score (nSPS) is 21.8. The lowest BCUT2D eigenvalue weighted by atomic mass is 10.1. The third-order valence-electron chi connectivity index (χ3n) is 1.45. The lowest BCUT2D eigenvalue weighted by Gasteiger charge is -2.17. The van der Waals surface area contributed by atoms with E-state index >= 15 is 0 Å². The number of hydrogen-bond acceptors (Lipinski definition) is 4. The van der Waals surface area contributed by atoms with Crippen LogP contribution in [0.4, 0.5) is 0 Å². The highest BCUT2D eigenvalue weighted by Crippen LogP contribution is 2.09. The van der Waals surface area contributed by atoms with Crippen molar-refractivity contribution in [3.63, 3.8) is 0 Å². The molecule has 1 aliphatic rings. The first-order chi connectivity index (χ1) is 4.83. The van der Waals surface area contributed by atoms with Crippen LogP contribution in [-0.4, -0.2) is 23.9 Å². The highest BCUT2D eigenvalue weighted by molar-refractivity contribution is 7.17. The maximum Gasteiger partial charge on any atom is 0.512 e. The van der Waals surface area contributed by atoms with Gasteiger partial charge < -0.3 is 0 Å². The lowest BCUT2D eigenvalue weighted by Crippen LogP contribution is -2.31. The molecule has 56 valence electrons. The fourth-order valence-corrected chi connectivity index (χ4v) is 1.17. The first-order valence-corrected chi connectivity index (χ1v) is 3.95. The van der Waals surface area contributed by atoms with Crippen molar-refractivity contribution in [3.05, 3.63) is 0 Å². The predicted molar refractivity (Wildman–Crippen MR) is 35.9 cm³/mol. The Balaban J connectivity index is 2.25. The molecule has 0 aromatic heterocycles. The summed E-state index contributed by atoms with van der Waals surface area (Å²) in [5.41, 5.74) is 0. The highest BCUT2D eigenvalue weighted by Gasteiger charge is 2.18. The molecular formula is C5H9NO3P+. The zero-order chi connectivity index (χ0) is 7.40. The van der Waals surface area contributed by atoms with Gasteiger partial charge in [-0.1, -0.05) is 0 Å². The van der Waals surface area contributed by atoms with E-state index in [1.165, 1.54) is 0 Å². The van der Waals surface area contributed by atoms with E-state index in [0.717, 1.165) is 0 Å². The van der Waals surface area contributed by atoms with E-state index in [0.29, 0.717) is 25.9 Å². The molecule has 10 heavy (non-hydrogen) atoms. The van der Waals surface area contributed by atoms with Gasteiger partial charge in [0.1, 0.15) is 5.78 Å². The second-order valence-electron chi connectivity index (χ2n) is 2.14. The molecular weight excluding hydrogens is 153 g/mol. The summed E-state index contributed by atoms with van der Waals surface area (Å²) in [4.78, 5) is 10.7. The van der Waals surface area contributed by atoms with Gasteiger partial charge in [0.15, 0.2) is 0 Å². The van der Waals surface area contributed by atoms with E-state index < -0.39 is 8.69 Å². The summed E-state index contributed by atoms with van der Waals surface area (Å²) in [7, 11) is -0.755. The van der Waals surface area contributed by atoms with Crippen molar-refractivity contribution in [1.29, 1.82) is 0 Å². The van der Waals surface area contributed by atoms with Crippen molar-refractivity contribution in [2.45, 2.75) is 12.8 Å². The predicted octanol–water partition coefficient (Wildman–Crippen LogP) is 0.522.